The Morgan fingerprint density at radius 2 is 1.76 bits per heavy atom. The molecule has 0 saturated carbocycles. The number of carbonyl (C=O) groups excluding carboxylic acids is 1. The predicted molar refractivity (Wildman–Crippen MR) is 69.9 cm³/mol. The molecule has 0 aliphatic heterocycles. The molecule has 0 saturated heterocycles. The summed E-state index contributed by atoms with van der Waals surface area (Å²) in [5, 5.41) is 11.5. The summed E-state index contributed by atoms with van der Waals surface area (Å²) in [5.41, 5.74) is -2.66. The van der Waals surface area contributed by atoms with Crippen molar-refractivity contribution in [1.82, 2.24) is 5.32 Å². The van der Waals surface area contributed by atoms with Gasteiger partial charge in [-0.3, -0.25) is 4.79 Å². The fraction of sp³-hybridized carbons (Fsp3) is 0.429. The minimum atomic E-state index is -4.56. The molecule has 21 heavy (non-hydrogen) atoms. The van der Waals surface area contributed by atoms with E-state index in [0.717, 1.165) is 12.1 Å². The molecule has 1 amide bonds. The van der Waals surface area contributed by atoms with Gasteiger partial charge in [-0.15, -0.1) is 0 Å². The zero-order valence-corrected chi connectivity index (χ0v) is 11.6. The van der Waals surface area contributed by atoms with Crippen LogP contribution in [-0.4, -0.2) is 22.5 Å². The minimum Gasteiger partial charge on any atom is -0.480 e. The standard InChI is InChI=1S/C14H16F3NO3/c1-3-13(4-2,12(20)21)18-11(19)9-6-5-7-10(8-9)14(15,16)17/h5-8H,3-4H2,1-2H3,(H,18,19)(H,20,21). The van der Waals surface area contributed by atoms with Crippen LogP contribution in [0.25, 0.3) is 0 Å². The molecule has 0 unspecified atom stereocenters. The SMILES string of the molecule is CCC(CC)(NC(=O)c1cccc(C(F)(F)F)c1)C(=O)O. The zero-order valence-electron chi connectivity index (χ0n) is 11.6. The maximum Gasteiger partial charge on any atom is 0.416 e. The van der Waals surface area contributed by atoms with Crippen LogP contribution >= 0.6 is 0 Å². The minimum absolute atomic E-state index is 0.129. The van der Waals surface area contributed by atoms with Crippen molar-refractivity contribution >= 4 is 11.9 Å². The van der Waals surface area contributed by atoms with Crippen molar-refractivity contribution in [3.05, 3.63) is 35.4 Å². The molecule has 0 aliphatic rings. The molecular formula is C14H16F3NO3. The Labute approximate surface area is 120 Å². The molecule has 0 aromatic heterocycles. The number of hydrogen-bond donors (Lipinski definition) is 2. The van der Waals surface area contributed by atoms with Crippen LogP contribution in [0, 0.1) is 0 Å². The van der Waals surface area contributed by atoms with Crippen molar-refractivity contribution in [3.63, 3.8) is 0 Å². The van der Waals surface area contributed by atoms with Gasteiger partial charge in [0.2, 0.25) is 0 Å². The van der Waals surface area contributed by atoms with Crippen molar-refractivity contribution in [3.8, 4) is 0 Å². The quantitative estimate of drug-likeness (QED) is 0.878. The second-order valence-corrected chi connectivity index (χ2v) is 4.63. The van der Waals surface area contributed by atoms with E-state index in [9.17, 15) is 27.9 Å². The molecule has 0 spiro atoms. The highest BCUT2D eigenvalue weighted by atomic mass is 19.4. The third-order valence-electron chi connectivity index (χ3n) is 3.42. The number of carbonyl (C=O) groups is 2. The largest absolute Gasteiger partial charge is 0.480 e. The topological polar surface area (TPSA) is 66.4 Å². The Morgan fingerprint density at radius 1 is 1.19 bits per heavy atom. The average molecular weight is 303 g/mol. The summed E-state index contributed by atoms with van der Waals surface area (Å²) in [4.78, 5) is 23.3. The maximum absolute atomic E-state index is 12.6. The molecule has 2 N–H and O–H groups in total. The van der Waals surface area contributed by atoms with E-state index in [1.165, 1.54) is 6.07 Å². The van der Waals surface area contributed by atoms with Crippen molar-refractivity contribution in [2.24, 2.45) is 0 Å². The van der Waals surface area contributed by atoms with Crippen molar-refractivity contribution in [2.45, 2.75) is 38.4 Å². The number of amides is 1. The first-order chi connectivity index (χ1) is 9.66. The van der Waals surface area contributed by atoms with Gasteiger partial charge in [0, 0.05) is 5.56 Å². The number of benzene rings is 1. The van der Waals surface area contributed by atoms with Crippen LogP contribution in [0.5, 0.6) is 0 Å². The predicted octanol–water partition coefficient (Wildman–Crippen LogP) is 3.08. The Morgan fingerprint density at radius 3 is 2.19 bits per heavy atom. The number of carboxylic acid groups (broad SMARTS) is 1. The van der Waals surface area contributed by atoms with Crippen molar-refractivity contribution < 1.29 is 27.9 Å². The van der Waals surface area contributed by atoms with E-state index < -0.39 is 29.2 Å². The second-order valence-electron chi connectivity index (χ2n) is 4.63. The molecule has 7 heteroatoms. The van der Waals surface area contributed by atoms with Gasteiger partial charge in [0.25, 0.3) is 5.91 Å². The number of rotatable bonds is 5. The van der Waals surface area contributed by atoms with E-state index in [2.05, 4.69) is 5.32 Å². The van der Waals surface area contributed by atoms with Crippen LogP contribution in [0.1, 0.15) is 42.6 Å². The van der Waals surface area contributed by atoms with Gasteiger partial charge in [0.05, 0.1) is 5.56 Å². The molecule has 0 fully saturated rings. The van der Waals surface area contributed by atoms with Gasteiger partial charge in [-0.1, -0.05) is 19.9 Å². The number of aliphatic carboxylic acids is 1. The van der Waals surface area contributed by atoms with Crippen LogP contribution in [0.3, 0.4) is 0 Å². The normalized spacial score (nSPS) is 12.0. The average Bonchev–Trinajstić information content (AvgIpc) is 2.43. The van der Waals surface area contributed by atoms with E-state index in [1.807, 2.05) is 0 Å². The zero-order chi connectivity index (χ0) is 16.3. The summed E-state index contributed by atoms with van der Waals surface area (Å²) in [6.07, 6.45) is -4.30. The van der Waals surface area contributed by atoms with Gasteiger partial charge in [-0.2, -0.15) is 13.2 Å². The highest BCUT2D eigenvalue weighted by molar-refractivity contribution is 5.98. The fourth-order valence-corrected chi connectivity index (χ4v) is 1.91. The second kappa shape index (κ2) is 6.15. The van der Waals surface area contributed by atoms with Gasteiger partial charge >= 0.3 is 12.1 Å². The summed E-state index contributed by atoms with van der Waals surface area (Å²) >= 11 is 0. The van der Waals surface area contributed by atoms with Crippen LogP contribution in [-0.2, 0) is 11.0 Å². The molecular weight excluding hydrogens is 287 g/mol. The third-order valence-corrected chi connectivity index (χ3v) is 3.42. The molecule has 0 heterocycles. The van der Waals surface area contributed by atoms with Gasteiger partial charge in [-0.05, 0) is 31.0 Å². The number of nitrogens with one attached hydrogen (secondary N) is 1. The lowest BCUT2D eigenvalue weighted by Gasteiger charge is -2.28. The monoisotopic (exact) mass is 303 g/mol. The summed E-state index contributed by atoms with van der Waals surface area (Å²) in [5.74, 6) is -2.06. The van der Waals surface area contributed by atoms with E-state index in [-0.39, 0.29) is 18.4 Å². The molecule has 0 atom stereocenters. The van der Waals surface area contributed by atoms with Crippen LogP contribution < -0.4 is 5.32 Å². The molecule has 1 aromatic carbocycles. The van der Waals surface area contributed by atoms with Gasteiger partial charge in [-0.25, -0.2) is 4.79 Å². The van der Waals surface area contributed by atoms with E-state index >= 15 is 0 Å². The lowest BCUT2D eigenvalue weighted by Crippen LogP contribution is -2.53. The highest BCUT2D eigenvalue weighted by Gasteiger charge is 2.37. The van der Waals surface area contributed by atoms with Crippen molar-refractivity contribution in [1.29, 1.82) is 0 Å². The molecule has 0 bridgehead atoms. The number of carboxylic acids is 1. The number of halogens is 3. The fourth-order valence-electron chi connectivity index (χ4n) is 1.91. The number of hydrogen-bond acceptors (Lipinski definition) is 2. The van der Waals surface area contributed by atoms with Gasteiger partial charge in [0.1, 0.15) is 5.54 Å². The summed E-state index contributed by atoms with van der Waals surface area (Å²) < 4.78 is 37.8. The van der Waals surface area contributed by atoms with Crippen LogP contribution in [0.15, 0.2) is 24.3 Å². The first kappa shape index (κ1) is 17.0. The van der Waals surface area contributed by atoms with Gasteiger partial charge < -0.3 is 10.4 Å². The van der Waals surface area contributed by atoms with E-state index in [1.54, 1.807) is 13.8 Å². The lowest BCUT2D eigenvalue weighted by atomic mass is 9.92. The summed E-state index contributed by atoms with van der Waals surface area (Å²) in [6.45, 7) is 3.17. The molecule has 116 valence electrons. The highest BCUT2D eigenvalue weighted by Crippen LogP contribution is 2.29. The Hall–Kier alpha value is -2.05. The molecule has 0 radical (unpaired) electrons. The van der Waals surface area contributed by atoms with E-state index in [4.69, 9.17) is 0 Å². The van der Waals surface area contributed by atoms with E-state index in [0.29, 0.717) is 6.07 Å². The molecule has 4 nitrogen and oxygen atoms in total. The first-order valence-electron chi connectivity index (χ1n) is 6.39. The van der Waals surface area contributed by atoms with Gasteiger partial charge in [0.15, 0.2) is 0 Å². The number of alkyl halides is 3. The lowest BCUT2D eigenvalue weighted by molar-refractivity contribution is -0.145. The first-order valence-corrected chi connectivity index (χ1v) is 6.39. The molecule has 1 aromatic rings. The smallest absolute Gasteiger partial charge is 0.416 e. The Kier molecular flexibility index (Phi) is 4.98. The summed E-state index contributed by atoms with van der Waals surface area (Å²) in [7, 11) is 0. The van der Waals surface area contributed by atoms with Crippen LogP contribution in [0.4, 0.5) is 13.2 Å². The summed E-state index contributed by atoms with van der Waals surface area (Å²) in [6, 6.07) is 3.87. The molecule has 1 rings (SSSR count). The van der Waals surface area contributed by atoms with Crippen molar-refractivity contribution in [2.75, 3.05) is 0 Å². The Balaban J connectivity index is 3.07. The third kappa shape index (κ3) is 3.74. The van der Waals surface area contributed by atoms with Crippen LogP contribution in [0.2, 0.25) is 0 Å². The molecule has 0 aliphatic carbocycles. The maximum atomic E-state index is 12.6. The Bertz CT molecular complexity index is 537.